The van der Waals surface area contributed by atoms with Crippen LogP contribution in [0.5, 0.6) is 0 Å². The molecule has 1 saturated carbocycles. The Bertz CT molecular complexity index is 1390. The second-order valence-electron chi connectivity index (χ2n) is 9.34. The minimum Gasteiger partial charge on any atom is -0.387 e. The summed E-state index contributed by atoms with van der Waals surface area (Å²) in [6, 6.07) is 9.24. The van der Waals surface area contributed by atoms with Crippen LogP contribution in [-0.2, 0) is 9.53 Å². The van der Waals surface area contributed by atoms with E-state index in [-0.39, 0.29) is 41.3 Å². The topological polar surface area (TPSA) is 169 Å². The summed E-state index contributed by atoms with van der Waals surface area (Å²) >= 11 is 0. The molecule has 0 bridgehead atoms. The van der Waals surface area contributed by atoms with Gasteiger partial charge in [-0.25, -0.2) is 15.0 Å². The zero-order valence-corrected chi connectivity index (χ0v) is 20.8. The number of benzene rings is 1. The van der Waals surface area contributed by atoms with Crippen LogP contribution in [0, 0.1) is 11.8 Å². The van der Waals surface area contributed by atoms with Crippen LogP contribution >= 0.6 is 0 Å². The van der Waals surface area contributed by atoms with Gasteiger partial charge in [0.1, 0.15) is 17.7 Å². The molecule has 0 unspecified atom stereocenters. The lowest BCUT2D eigenvalue weighted by atomic mass is 10.1. The van der Waals surface area contributed by atoms with Crippen LogP contribution in [0.15, 0.2) is 36.7 Å². The summed E-state index contributed by atoms with van der Waals surface area (Å²) in [5.74, 6) is 5.45. The number of rotatable bonds is 5. The fourth-order valence-corrected chi connectivity index (χ4v) is 4.96. The maximum Gasteiger partial charge on any atom is 0.254 e. The molecule has 2 fully saturated rings. The van der Waals surface area contributed by atoms with Gasteiger partial charge in [-0.1, -0.05) is 37.0 Å². The zero-order chi connectivity index (χ0) is 26.8. The number of nitrogens with two attached hydrogens (primary N) is 1. The molecule has 2 aromatic heterocycles. The van der Waals surface area contributed by atoms with Gasteiger partial charge in [0.15, 0.2) is 23.8 Å². The molecule has 0 spiro atoms. The van der Waals surface area contributed by atoms with Crippen molar-refractivity contribution in [3.8, 4) is 11.8 Å². The third kappa shape index (κ3) is 4.79. The molecule has 12 heteroatoms. The van der Waals surface area contributed by atoms with Gasteiger partial charge in [0.05, 0.1) is 12.9 Å². The lowest BCUT2D eigenvalue weighted by Crippen LogP contribution is -2.41. The second-order valence-corrected chi connectivity index (χ2v) is 9.34. The number of aliphatic hydroxyl groups excluding tert-OH is 2. The highest BCUT2D eigenvalue weighted by Crippen LogP contribution is 2.32. The van der Waals surface area contributed by atoms with Crippen molar-refractivity contribution in [2.45, 2.75) is 56.3 Å². The minimum absolute atomic E-state index is 0.0712. The number of hydrogen-bond donors (Lipinski definition) is 4. The van der Waals surface area contributed by atoms with Crippen molar-refractivity contribution in [1.82, 2.24) is 29.7 Å². The Hall–Kier alpha value is -4.05. The Labute approximate surface area is 218 Å². The number of carbonyl (C=O) groups excluding carboxylic acids is 2. The summed E-state index contributed by atoms with van der Waals surface area (Å²) < 4.78 is 7.03. The Balaban J connectivity index is 1.41. The largest absolute Gasteiger partial charge is 0.387 e. The third-order valence-electron chi connectivity index (χ3n) is 6.96. The van der Waals surface area contributed by atoms with Gasteiger partial charge in [0.2, 0.25) is 5.82 Å². The number of aromatic nitrogens is 4. The molecule has 2 aliphatic rings. The molecule has 5 rings (SSSR count). The highest BCUT2D eigenvalue weighted by molar-refractivity contribution is 5.94. The summed E-state index contributed by atoms with van der Waals surface area (Å²) in [5, 5.41) is 23.3. The van der Waals surface area contributed by atoms with Gasteiger partial charge in [-0.15, -0.1) is 0 Å². The van der Waals surface area contributed by atoms with E-state index in [1.54, 1.807) is 17.0 Å². The van der Waals surface area contributed by atoms with Crippen LogP contribution < -0.4 is 11.1 Å². The van der Waals surface area contributed by atoms with Crippen LogP contribution in [0.25, 0.3) is 11.2 Å². The van der Waals surface area contributed by atoms with Crippen molar-refractivity contribution < 1.29 is 24.5 Å². The number of nitrogens with zero attached hydrogens (tertiary/aromatic N) is 5. The standard InChI is InChI=1S/C26H29N7O5/c1-28-24(36)21-19(34)20(35)26(38-21)33-14-29-18-22(27)30-17(31-23(18)33)12-7-13-32(16-10-5-6-11-16)25(37)15-8-3-2-4-9-15/h2-4,8-9,14,16,19-21,26,34-35H,5-6,10-11,13H2,1H3,(H,28,36)(H2,27,30,31)/t19-,20+,21-,26+/m0/s1. The molecule has 38 heavy (non-hydrogen) atoms. The highest BCUT2D eigenvalue weighted by Gasteiger charge is 2.47. The molecule has 1 aromatic carbocycles. The van der Waals surface area contributed by atoms with E-state index in [0.29, 0.717) is 5.56 Å². The Morgan fingerprint density at radius 3 is 2.63 bits per heavy atom. The number of carbonyl (C=O) groups is 2. The molecule has 12 nitrogen and oxygen atoms in total. The SMILES string of the molecule is CNC(=O)[C@H]1O[C@@H](n2cnc3c(N)nc(C#CCN(C(=O)c4ccccc4)C4CCCC4)nc32)[C@H](O)[C@@H]1O. The van der Waals surface area contributed by atoms with Gasteiger partial charge in [-0.3, -0.25) is 14.2 Å². The number of imidazole rings is 1. The molecule has 4 atom stereocenters. The van der Waals surface area contributed by atoms with Gasteiger partial charge < -0.3 is 30.9 Å². The molecule has 1 aliphatic heterocycles. The van der Waals surface area contributed by atoms with Gasteiger partial charge >= 0.3 is 0 Å². The summed E-state index contributed by atoms with van der Waals surface area (Å²) in [6.07, 6.45) is 0.101. The monoisotopic (exact) mass is 519 g/mol. The number of anilines is 1. The molecule has 3 aromatic rings. The first-order valence-electron chi connectivity index (χ1n) is 12.5. The molecule has 1 saturated heterocycles. The molecule has 5 N–H and O–H groups in total. The van der Waals surface area contributed by atoms with Crippen molar-refractivity contribution in [3.63, 3.8) is 0 Å². The fraction of sp³-hybridized carbons (Fsp3) is 0.423. The van der Waals surface area contributed by atoms with Crippen molar-refractivity contribution in [3.05, 3.63) is 48.0 Å². The van der Waals surface area contributed by atoms with E-state index in [2.05, 4.69) is 32.1 Å². The molecular weight excluding hydrogens is 490 g/mol. The Morgan fingerprint density at radius 2 is 1.92 bits per heavy atom. The molecule has 2 amide bonds. The molecular formula is C26H29N7O5. The lowest BCUT2D eigenvalue weighted by molar-refractivity contribution is -0.137. The van der Waals surface area contributed by atoms with Gasteiger partial charge in [-0.05, 0) is 30.9 Å². The van der Waals surface area contributed by atoms with Crippen molar-refractivity contribution in [2.24, 2.45) is 0 Å². The van der Waals surface area contributed by atoms with E-state index in [1.807, 2.05) is 18.2 Å². The van der Waals surface area contributed by atoms with E-state index >= 15 is 0 Å². The number of ether oxygens (including phenoxy) is 1. The number of aliphatic hydroxyl groups is 2. The van der Waals surface area contributed by atoms with Gasteiger partial charge in [-0.2, -0.15) is 0 Å². The Kier molecular flexibility index (Phi) is 7.24. The molecule has 198 valence electrons. The summed E-state index contributed by atoms with van der Waals surface area (Å²) in [5.41, 5.74) is 7.20. The second kappa shape index (κ2) is 10.7. The van der Waals surface area contributed by atoms with Crippen LogP contribution in [-0.4, -0.2) is 84.4 Å². The zero-order valence-electron chi connectivity index (χ0n) is 20.8. The average Bonchev–Trinajstić information content (AvgIpc) is 3.67. The Morgan fingerprint density at radius 1 is 1.18 bits per heavy atom. The van der Waals surface area contributed by atoms with E-state index in [0.717, 1.165) is 25.7 Å². The first kappa shape index (κ1) is 25.6. The fourth-order valence-electron chi connectivity index (χ4n) is 4.96. The summed E-state index contributed by atoms with van der Waals surface area (Å²) in [6.45, 7) is 0.198. The number of hydrogen-bond acceptors (Lipinski definition) is 9. The summed E-state index contributed by atoms with van der Waals surface area (Å²) in [4.78, 5) is 39.9. The van der Waals surface area contributed by atoms with E-state index in [4.69, 9.17) is 10.5 Å². The number of amides is 2. The van der Waals surface area contributed by atoms with E-state index in [9.17, 15) is 19.8 Å². The predicted octanol–water partition coefficient (Wildman–Crippen LogP) is 0.210. The first-order chi connectivity index (χ1) is 18.4. The minimum atomic E-state index is -1.44. The predicted molar refractivity (Wildman–Crippen MR) is 136 cm³/mol. The van der Waals surface area contributed by atoms with Crippen LogP contribution in [0.3, 0.4) is 0 Å². The highest BCUT2D eigenvalue weighted by atomic mass is 16.6. The number of nitrogens with one attached hydrogen (secondary N) is 1. The van der Waals surface area contributed by atoms with Crippen LogP contribution in [0.1, 0.15) is 48.1 Å². The number of likely N-dealkylation sites (N-methyl/N-ethyl adjacent to an activating group) is 1. The lowest BCUT2D eigenvalue weighted by Gasteiger charge is -2.27. The maximum atomic E-state index is 13.2. The van der Waals surface area contributed by atoms with E-state index in [1.165, 1.54) is 17.9 Å². The maximum absolute atomic E-state index is 13.2. The van der Waals surface area contributed by atoms with Gasteiger partial charge in [0, 0.05) is 18.7 Å². The number of nitrogen functional groups attached to an aromatic ring is 1. The smallest absolute Gasteiger partial charge is 0.254 e. The van der Waals surface area contributed by atoms with Crippen molar-refractivity contribution >= 4 is 28.8 Å². The van der Waals surface area contributed by atoms with Crippen LogP contribution in [0.2, 0.25) is 0 Å². The first-order valence-corrected chi connectivity index (χ1v) is 12.5. The summed E-state index contributed by atoms with van der Waals surface area (Å²) in [7, 11) is 1.41. The quantitative estimate of drug-likeness (QED) is 0.344. The van der Waals surface area contributed by atoms with Crippen molar-refractivity contribution in [1.29, 1.82) is 0 Å². The number of fused-ring (bicyclic) bond motifs is 1. The van der Waals surface area contributed by atoms with Crippen LogP contribution in [0.4, 0.5) is 5.82 Å². The van der Waals surface area contributed by atoms with Gasteiger partial charge in [0.25, 0.3) is 11.8 Å². The van der Waals surface area contributed by atoms with E-state index < -0.39 is 30.4 Å². The molecule has 1 aliphatic carbocycles. The third-order valence-corrected chi connectivity index (χ3v) is 6.96. The normalized spacial score (nSPS) is 23.2. The van der Waals surface area contributed by atoms with Crippen molar-refractivity contribution in [2.75, 3.05) is 19.3 Å². The average molecular weight is 520 g/mol. The molecule has 3 heterocycles. The molecule has 0 radical (unpaired) electrons.